The molecular formula is C13H16FN3O3. The number of aromatic nitrogens is 2. The number of nitrogens with zero attached hydrogens (tertiary/aromatic N) is 2. The maximum atomic E-state index is 13.3. The molecule has 0 aliphatic carbocycles. The van der Waals surface area contributed by atoms with E-state index in [0.717, 1.165) is 0 Å². The number of aliphatic hydroxyl groups excluding tert-OH is 1. The standard InChI is InChI=1S/C13H16FN3O3/c14-11-3-1-2-4-12(11)19-8-10(18)7-15-6-5-13-16-9-20-17-13/h1-4,9-10,15,18H,5-8H2. The van der Waals surface area contributed by atoms with Gasteiger partial charge in [0.05, 0.1) is 0 Å². The summed E-state index contributed by atoms with van der Waals surface area (Å²) in [7, 11) is 0. The van der Waals surface area contributed by atoms with Gasteiger partial charge in [0, 0.05) is 19.5 Å². The summed E-state index contributed by atoms with van der Waals surface area (Å²) in [6.07, 6.45) is 1.16. The Bertz CT molecular complexity index is 507. The van der Waals surface area contributed by atoms with Gasteiger partial charge in [0.2, 0.25) is 6.39 Å². The number of hydrogen-bond donors (Lipinski definition) is 2. The van der Waals surface area contributed by atoms with Crippen LogP contribution in [0.1, 0.15) is 5.82 Å². The molecule has 0 radical (unpaired) electrons. The van der Waals surface area contributed by atoms with E-state index in [-0.39, 0.29) is 12.4 Å². The lowest BCUT2D eigenvalue weighted by Crippen LogP contribution is -2.32. The number of aliphatic hydroxyl groups is 1. The molecule has 1 aromatic heterocycles. The van der Waals surface area contributed by atoms with E-state index in [1.165, 1.54) is 18.5 Å². The van der Waals surface area contributed by atoms with E-state index in [1.54, 1.807) is 12.1 Å². The second-order valence-corrected chi connectivity index (χ2v) is 4.20. The highest BCUT2D eigenvalue weighted by Gasteiger charge is 2.07. The summed E-state index contributed by atoms with van der Waals surface area (Å²) in [4.78, 5) is 3.87. The van der Waals surface area contributed by atoms with Crippen LogP contribution in [0.2, 0.25) is 0 Å². The zero-order valence-corrected chi connectivity index (χ0v) is 10.8. The van der Waals surface area contributed by atoms with E-state index in [2.05, 4.69) is 20.0 Å². The highest BCUT2D eigenvalue weighted by atomic mass is 19.1. The predicted molar refractivity (Wildman–Crippen MR) is 68.8 cm³/mol. The molecule has 0 spiro atoms. The van der Waals surface area contributed by atoms with Gasteiger partial charge in [-0.05, 0) is 12.1 Å². The normalized spacial score (nSPS) is 12.3. The van der Waals surface area contributed by atoms with Crippen LogP contribution in [0.4, 0.5) is 4.39 Å². The van der Waals surface area contributed by atoms with Gasteiger partial charge in [-0.1, -0.05) is 17.3 Å². The number of halogens is 1. The molecule has 0 bridgehead atoms. The highest BCUT2D eigenvalue weighted by molar-refractivity contribution is 5.23. The molecule has 7 heteroatoms. The van der Waals surface area contributed by atoms with Gasteiger partial charge in [0.25, 0.3) is 0 Å². The van der Waals surface area contributed by atoms with Crippen molar-refractivity contribution < 1.29 is 18.8 Å². The first-order valence-electron chi connectivity index (χ1n) is 6.27. The monoisotopic (exact) mass is 281 g/mol. The predicted octanol–water partition coefficient (Wildman–Crippen LogP) is 0.781. The molecule has 0 fully saturated rings. The third kappa shape index (κ3) is 4.60. The van der Waals surface area contributed by atoms with Crippen LogP contribution >= 0.6 is 0 Å². The summed E-state index contributed by atoms with van der Waals surface area (Å²) in [6.45, 7) is 0.971. The van der Waals surface area contributed by atoms with Gasteiger partial charge in [-0.15, -0.1) is 0 Å². The highest BCUT2D eigenvalue weighted by Crippen LogP contribution is 2.15. The smallest absolute Gasteiger partial charge is 0.213 e. The van der Waals surface area contributed by atoms with Crippen molar-refractivity contribution in [1.29, 1.82) is 0 Å². The minimum atomic E-state index is -0.722. The lowest BCUT2D eigenvalue weighted by Gasteiger charge is -2.13. The van der Waals surface area contributed by atoms with E-state index in [4.69, 9.17) is 4.74 Å². The Balaban J connectivity index is 1.61. The van der Waals surface area contributed by atoms with Gasteiger partial charge >= 0.3 is 0 Å². The van der Waals surface area contributed by atoms with E-state index < -0.39 is 11.9 Å². The SMILES string of the molecule is OC(CNCCc1ncon1)COc1ccccc1F. The molecule has 0 amide bonds. The molecule has 0 saturated heterocycles. The molecule has 0 aliphatic rings. The average Bonchev–Trinajstić information content (AvgIpc) is 2.96. The fourth-order valence-corrected chi connectivity index (χ4v) is 1.58. The van der Waals surface area contributed by atoms with E-state index in [1.807, 2.05) is 0 Å². The summed E-state index contributed by atoms with van der Waals surface area (Å²) in [5.74, 6) is 0.303. The van der Waals surface area contributed by atoms with Crippen LogP contribution in [0.5, 0.6) is 5.75 Å². The maximum Gasteiger partial charge on any atom is 0.213 e. The zero-order chi connectivity index (χ0) is 14.2. The van der Waals surface area contributed by atoms with Crippen LogP contribution in [0.3, 0.4) is 0 Å². The van der Waals surface area contributed by atoms with Crippen LogP contribution in [0.25, 0.3) is 0 Å². The number of benzene rings is 1. The van der Waals surface area contributed by atoms with Gasteiger partial charge in [-0.3, -0.25) is 0 Å². The van der Waals surface area contributed by atoms with Crippen LogP contribution < -0.4 is 10.1 Å². The second kappa shape index (κ2) is 7.56. The Morgan fingerprint density at radius 1 is 1.40 bits per heavy atom. The Morgan fingerprint density at radius 3 is 3.00 bits per heavy atom. The molecule has 0 aliphatic heterocycles. The Morgan fingerprint density at radius 2 is 2.25 bits per heavy atom. The van der Waals surface area contributed by atoms with Crippen molar-refractivity contribution in [1.82, 2.24) is 15.5 Å². The fraction of sp³-hybridized carbons (Fsp3) is 0.385. The molecule has 1 heterocycles. The van der Waals surface area contributed by atoms with E-state index in [0.29, 0.717) is 25.3 Å². The van der Waals surface area contributed by atoms with Gasteiger partial charge in [-0.25, -0.2) is 4.39 Å². The molecule has 108 valence electrons. The minimum Gasteiger partial charge on any atom is -0.488 e. The number of nitrogens with one attached hydrogen (secondary N) is 1. The van der Waals surface area contributed by atoms with Crippen molar-refractivity contribution >= 4 is 0 Å². The van der Waals surface area contributed by atoms with Gasteiger partial charge in [0.15, 0.2) is 17.4 Å². The topological polar surface area (TPSA) is 80.4 Å². The summed E-state index contributed by atoms with van der Waals surface area (Å²) in [6, 6.07) is 6.09. The van der Waals surface area contributed by atoms with Crippen LogP contribution in [0, 0.1) is 5.82 Å². The van der Waals surface area contributed by atoms with Crippen LogP contribution in [-0.4, -0.2) is 41.0 Å². The maximum absolute atomic E-state index is 13.3. The van der Waals surface area contributed by atoms with Crippen molar-refractivity contribution in [2.75, 3.05) is 19.7 Å². The average molecular weight is 281 g/mol. The fourth-order valence-electron chi connectivity index (χ4n) is 1.58. The van der Waals surface area contributed by atoms with E-state index in [9.17, 15) is 9.50 Å². The number of ether oxygens (including phenoxy) is 1. The third-order valence-electron chi connectivity index (χ3n) is 2.58. The second-order valence-electron chi connectivity index (χ2n) is 4.20. The number of hydrogen-bond acceptors (Lipinski definition) is 6. The molecule has 2 aromatic rings. The lowest BCUT2D eigenvalue weighted by molar-refractivity contribution is 0.104. The van der Waals surface area contributed by atoms with E-state index >= 15 is 0 Å². The van der Waals surface area contributed by atoms with Crippen molar-refractivity contribution in [3.05, 3.63) is 42.3 Å². The Hall–Kier alpha value is -1.99. The molecular weight excluding hydrogens is 265 g/mol. The molecule has 2 N–H and O–H groups in total. The van der Waals surface area contributed by atoms with Crippen LogP contribution in [-0.2, 0) is 6.42 Å². The van der Waals surface area contributed by atoms with Crippen molar-refractivity contribution in [2.45, 2.75) is 12.5 Å². The molecule has 6 nitrogen and oxygen atoms in total. The summed E-state index contributed by atoms with van der Waals surface area (Å²) >= 11 is 0. The van der Waals surface area contributed by atoms with Crippen molar-refractivity contribution in [2.24, 2.45) is 0 Å². The van der Waals surface area contributed by atoms with Gasteiger partial charge in [0.1, 0.15) is 12.7 Å². The lowest BCUT2D eigenvalue weighted by atomic mass is 10.3. The van der Waals surface area contributed by atoms with Crippen LogP contribution in [0.15, 0.2) is 35.2 Å². The first kappa shape index (κ1) is 14.4. The number of rotatable bonds is 8. The van der Waals surface area contributed by atoms with Gasteiger partial charge in [-0.2, -0.15) is 4.98 Å². The molecule has 1 unspecified atom stereocenters. The summed E-state index contributed by atoms with van der Waals surface area (Å²) < 4.78 is 23.1. The minimum absolute atomic E-state index is 0.0240. The third-order valence-corrected chi connectivity index (χ3v) is 2.58. The van der Waals surface area contributed by atoms with Crippen molar-refractivity contribution in [3.8, 4) is 5.75 Å². The zero-order valence-electron chi connectivity index (χ0n) is 10.8. The number of para-hydroxylation sites is 1. The molecule has 1 aromatic carbocycles. The Labute approximate surface area is 115 Å². The summed E-state index contributed by atoms with van der Waals surface area (Å²) in [5, 5.41) is 16.4. The molecule has 0 saturated carbocycles. The summed E-state index contributed by atoms with van der Waals surface area (Å²) in [5.41, 5.74) is 0. The first-order valence-corrected chi connectivity index (χ1v) is 6.27. The quantitative estimate of drug-likeness (QED) is 0.696. The van der Waals surface area contributed by atoms with Gasteiger partial charge < -0.3 is 19.7 Å². The van der Waals surface area contributed by atoms with Crippen molar-refractivity contribution in [3.63, 3.8) is 0 Å². The molecule has 20 heavy (non-hydrogen) atoms. The molecule has 1 atom stereocenters. The Kier molecular flexibility index (Phi) is 5.45. The first-order chi connectivity index (χ1) is 9.75. The largest absolute Gasteiger partial charge is 0.488 e. The molecule has 2 rings (SSSR count).